The summed E-state index contributed by atoms with van der Waals surface area (Å²) in [5.74, 6) is 0.694. The van der Waals surface area contributed by atoms with Gasteiger partial charge in [-0.25, -0.2) is 0 Å². The van der Waals surface area contributed by atoms with Gasteiger partial charge in [0.25, 0.3) is 0 Å². The van der Waals surface area contributed by atoms with Crippen molar-refractivity contribution in [2.24, 2.45) is 16.7 Å². The third-order valence-electron chi connectivity index (χ3n) is 4.89. The molecule has 15 heavy (non-hydrogen) atoms. The Morgan fingerprint density at radius 3 is 2.20 bits per heavy atom. The van der Waals surface area contributed by atoms with E-state index in [1.54, 1.807) is 0 Å². The third-order valence-corrected chi connectivity index (χ3v) is 4.89. The van der Waals surface area contributed by atoms with E-state index >= 15 is 0 Å². The Morgan fingerprint density at radius 2 is 1.80 bits per heavy atom. The van der Waals surface area contributed by atoms with Crippen LogP contribution in [0.2, 0.25) is 0 Å². The summed E-state index contributed by atoms with van der Waals surface area (Å²) in [5, 5.41) is 0. The summed E-state index contributed by atoms with van der Waals surface area (Å²) in [4.78, 5) is 12.3. The molecule has 0 aromatic heterocycles. The van der Waals surface area contributed by atoms with Gasteiger partial charge in [0.05, 0.1) is 0 Å². The fourth-order valence-corrected chi connectivity index (χ4v) is 3.10. The fourth-order valence-electron chi connectivity index (χ4n) is 3.10. The van der Waals surface area contributed by atoms with Crippen LogP contribution in [0.25, 0.3) is 0 Å². The number of rotatable bonds is 2. The number of allylic oxidation sites excluding steroid dienone is 2. The van der Waals surface area contributed by atoms with Crippen molar-refractivity contribution >= 4 is 5.78 Å². The van der Waals surface area contributed by atoms with Crippen molar-refractivity contribution in [1.82, 2.24) is 0 Å². The Bertz CT molecular complexity index is 306. The Hall–Kier alpha value is -0.590. The van der Waals surface area contributed by atoms with Gasteiger partial charge in [-0.1, -0.05) is 33.8 Å². The third kappa shape index (κ3) is 1.47. The van der Waals surface area contributed by atoms with Crippen LogP contribution in [0.3, 0.4) is 0 Å². The largest absolute Gasteiger partial charge is 0.294 e. The second kappa shape index (κ2) is 3.20. The van der Waals surface area contributed by atoms with Gasteiger partial charge in [0.15, 0.2) is 5.78 Å². The second-order valence-corrected chi connectivity index (χ2v) is 6.22. The topological polar surface area (TPSA) is 17.1 Å². The highest BCUT2D eigenvalue weighted by Crippen LogP contribution is 2.69. The monoisotopic (exact) mass is 206 g/mol. The number of carbonyl (C=O) groups excluding carboxylic acids is 1. The Morgan fingerprint density at radius 1 is 1.20 bits per heavy atom. The van der Waals surface area contributed by atoms with Crippen LogP contribution in [0, 0.1) is 16.7 Å². The molecule has 0 N–H and O–H groups in total. The standard InChI is InChI=1S/C14H22O/c1-13(2)12(14(13,3)4)11(15)10-8-6-5-7-9-10/h8,12H,5-7,9H2,1-4H3. The lowest BCUT2D eigenvalue weighted by Gasteiger charge is -2.12. The molecule has 1 saturated carbocycles. The van der Waals surface area contributed by atoms with Gasteiger partial charge < -0.3 is 0 Å². The van der Waals surface area contributed by atoms with Crippen LogP contribution < -0.4 is 0 Å². The van der Waals surface area contributed by atoms with Crippen LogP contribution in [0.4, 0.5) is 0 Å². The van der Waals surface area contributed by atoms with E-state index in [1.165, 1.54) is 12.8 Å². The molecule has 2 rings (SSSR count). The van der Waals surface area contributed by atoms with Crippen LogP contribution in [-0.2, 0) is 4.79 Å². The molecule has 0 spiro atoms. The van der Waals surface area contributed by atoms with Gasteiger partial charge >= 0.3 is 0 Å². The molecule has 0 radical (unpaired) electrons. The van der Waals surface area contributed by atoms with Gasteiger partial charge in [-0.05, 0) is 42.1 Å². The van der Waals surface area contributed by atoms with E-state index in [2.05, 4.69) is 33.8 Å². The van der Waals surface area contributed by atoms with E-state index in [1.807, 2.05) is 0 Å². The van der Waals surface area contributed by atoms with E-state index < -0.39 is 0 Å². The first-order valence-electron chi connectivity index (χ1n) is 6.12. The van der Waals surface area contributed by atoms with Gasteiger partial charge in [0.2, 0.25) is 0 Å². The summed E-state index contributed by atoms with van der Waals surface area (Å²) >= 11 is 0. The average Bonchev–Trinajstić information content (AvgIpc) is 2.58. The molecule has 1 heteroatoms. The lowest BCUT2D eigenvalue weighted by atomic mass is 9.92. The van der Waals surface area contributed by atoms with Gasteiger partial charge in [-0.3, -0.25) is 4.79 Å². The minimum absolute atomic E-state index is 0.197. The molecule has 0 bridgehead atoms. The fraction of sp³-hybridized carbons (Fsp3) is 0.786. The van der Waals surface area contributed by atoms with E-state index in [-0.39, 0.29) is 16.7 Å². The van der Waals surface area contributed by atoms with Gasteiger partial charge in [0.1, 0.15) is 0 Å². The Balaban J connectivity index is 2.14. The van der Waals surface area contributed by atoms with E-state index in [0.717, 1.165) is 18.4 Å². The minimum atomic E-state index is 0.197. The first-order chi connectivity index (χ1) is 6.89. The molecule has 0 atom stereocenters. The normalized spacial score (nSPS) is 28.4. The van der Waals surface area contributed by atoms with Crippen molar-refractivity contribution in [2.45, 2.75) is 53.4 Å². The summed E-state index contributed by atoms with van der Waals surface area (Å²) in [6, 6.07) is 0. The second-order valence-electron chi connectivity index (χ2n) is 6.22. The van der Waals surface area contributed by atoms with Crippen molar-refractivity contribution < 1.29 is 4.79 Å². The highest BCUT2D eigenvalue weighted by Gasteiger charge is 2.67. The molecule has 0 saturated heterocycles. The highest BCUT2D eigenvalue weighted by molar-refractivity contribution is 6.00. The molecule has 84 valence electrons. The van der Waals surface area contributed by atoms with Crippen LogP contribution in [0.5, 0.6) is 0 Å². The maximum Gasteiger partial charge on any atom is 0.162 e. The zero-order valence-corrected chi connectivity index (χ0v) is 10.4. The summed E-state index contributed by atoms with van der Waals surface area (Å²) in [6.45, 7) is 8.88. The van der Waals surface area contributed by atoms with Crippen LogP contribution in [-0.4, -0.2) is 5.78 Å². The molecule has 0 aliphatic heterocycles. The molecule has 2 aliphatic rings. The minimum Gasteiger partial charge on any atom is -0.294 e. The maximum atomic E-state index is 12.3. The molecule has 1 fully saturated rings. The van der Waals surface area contributed by atoms with Gasteiger partial charge in [0, 0.05) is 5.92 Å². The van der Waals surface area contributed by atoms with Crippen LogP contribution in [0.15, 0.2) is 11.6 Å². The molecule has 2 aliphatic carbocycles. The number of hydrogen-bond acceptors (Lipinski definition) is 1. The summed E-state index contributed by atoms with van der Waals surface area (Å²) in [5.41, 5.74) is 1.51. The number of Topliss-reactive ketones (excluding diaryl/α,β-unsaturated/α-hetero) is 1. The van der Waals surface area contributed by atoms with Gasteiger partial charge in [-0.15, -0.1) is 0 Å². The molecule has 0 amide bonds. The number of hydrogen-bond donors (Lipinski definition) is 0. The summed E-state index contributed by atoms with van der Waals surface area (Å²) in [6.07, 6.45) is 6.76. The van der Waals surface area contributed by atoms with Crippen molar-refractivity contribution in [3.8, 4) is 0 Å². The SMILES string of the molecule is CC1(C)C(C(=O)C2=CCCCC2)C1(C)C. The molecule has 1 nitrogen and oxygen atoms in total. The first-order valence-corrected chi connectivity index (χ1v) is 6.12. The highest BCUT2D eigenvalue weighted by atomic mass is 16.1. The zero-order chi connectivity index (χ0) is 11.3. The van der Waals surface area contributed by atoms with Gasteiger partial charge in [-0.2, -0.15) is 0 Å². The number of ketones is 1. The van der Waals surface area contributed by atoms with Crippen molar-refractivity contribution in [3.05, 3.63) is 11.6 Å². The predicted molar refractivity (Wildman–Crippen MR) is 62.6 cm³/mol. The predicted octanol–water partition coefficient (Wildman–Crippen LogP) is 3.74. The van der Waals surface area contributed by atoms with Crippen molar-refractivity contribution in [1.29, 1.82) is 0 Å². The molecule has 0 aromatic carbocycles. The molecule has 0 unspecified atom stereocenters. The van der Waals surface area contributed by atoms with Crippen LogP contribution >= 0.6 is 0 Å². The lowest BCUT2D eigenvalue weighted by molar-refractivity contribution is -0.118. The molecular formula is C14H22O. The van der Waals surface area contributed by atoms with Crippen molar-refractivity contribution in [2.75, 3.05) is 0 Å². The smallest absolute Gasteiger partial charge is 0.162 e. The average molecular weight is 206 g/mol. The van der Waals surface area contributed by atoms with Crippen LogP contribution in [0.1, 0.15) is 53.4 Å². The molecule has 0 heterocycles. The zero-order valence-electron chi connectivity index (χ0n) is 10.4. The van der Waals surface area contributed by atoms with Crippen molar-refractivity contribution in [3.63, 3.8) is 0 Å². The quantitative estimate of drug-likeness (QED) is 0.672. The Kier molecular flexibility index (Phi) is 2.33. The maximum absolute atomic E-state index is 12.3. The Labute approximate surface area is 92.9 Å². The summed E-state index contributed by atoms with van der Waals surface area (Å²) < 4.78 is 0. The van der Waals surface area contributed by atoms with E-state index in [0.29, 0.717) is 5.78 Å². The first kappa shape index (κ1) is 10.9. The number of carbonyl (C=O) groups is 1. The molecule has 0 aromatic rings. The summed E-state index contributed by atoms with van der Waals surface area (Å²) in [7, 11) is 0. The molecular weight excluding hydrogens is 184 g/mol. The van der Waals surface area contributed by atoms with E-state index in [4.69, 9.17) is 0 Å². The van der Waals surface area contributed by atoms with E-state index in [9.17, 15) is 4.79 Å². The lowest BCUT2D eigenvalue weighted by Crippen LogP contribution is -2.12.